The summed E-state index contributed by atoms with van der Waals surface area (Å²) in [5.41, 5.74) is 1.52. The van der Waals surface area contributed by atoms with E-state index in [4.69, 9.17) is 23.6 Å². The van der Waals surface area contributed by atoms with Crippen molar-refractivity contribution >= 4 is 49.3 Å². The lowest BCUT2D eigenvalue weighted by molar-refractivity contribution is -0.117. The van der Waals surface area contributed by atoms with Gasteiger partial charge in [-0.2, -0.15) is 0 Å². The average molecular weight is 585 g/mol. The van der Waals surface area contributed by atoms with Crippen LogP contribution in [0.25, 0.3) is 21.2 Å². The van der Waals surface area contributed by atoms with Gasteiger partial charge in [0.15, 0.2) is 28.0 Å². The minimum atomic E-state index is -0.989. The smallest absolute Gasteiger partial charge is 0.296 e. The molecule has 1 aliphatic rings. The largest absolute Gasteiger partial charge is 0.503 e. The molecule has 2 aromatic heterocycles. The first-order chi connectivity index (χ1) is 20.4. The summed E-state index contributed by atoms with van der Waals surface area (Å²) in [5.74, 6) is -0.313. The Morgan fingerprint density at radius 2 is 1.86 bits per heavy atom. The predicted molar refractivity (Wildman–Crippen MR) is 160 cm³/mol. The third-order valence-corrected chi connectivity index (χ3v) is 7.93. The first-order valence-corrected chi connectivity index (χ1v) is 14.4. The molecule has 1 aliphatic heterocycles. The number of thiazole rings is 1. The number of aliphatic hydroxyl groups is 1. The standard InChI is InChI=1S/C32H28N2O7S/c1-4-14-40-20-10-6-8-18(15-20)27-26(28(35)24-16-19-9-7-11-23(38-3)30(19)41-24)29(36)31(37)34(27)32-33-22-13-12-21(39-5-2)17-25(22)42-32/h6-13,15-17,27,36H,4-5,14H2,1-3H3. The number of para-hydroxylation sites is 1. The zero-order chi connectivity index (χ0) is 29.4. The molecule has 1 unspecified atom stereocenters. The lowest BCUT2D eigenvalue weighted by Gasteiger charge is -2.24. The molecule has 0 aliphatic carbocycles. The molecule has 3 aromatic carbocycles. The Bertz CT molecular complexity index is 1850. The van der Waals surface area contributed by atoms with Crippen LogP contribution < -0.4 is 19.1 Å². The van der Waals surface area contributed by atoms with Crippen molar-refractivity contribution in [1.82, 2.24) is 4.98 Å². The van der Waals surface area contributed by atoms with Crippen LogP contribution in [0.4, 0.5) is 5.13 Å². The Labute approximate surface area is 245 Å². The van der Waals surface area contributed by atoms with Gasteiger partial charge in [0.1, 0.15) is 11.5 Å². The van der Waals surface area contributed by atoms with Crippen LogP contribution in [0.15, 0.2) is 82.5 Å². The van der Waals surface area contributed by atoms with Crippen molar-refractivity contribution in [1.29, 1.82) is 0 Å². The maximum atomic E-state index is 14.1. The number of carbonyl (C=O) groups is 2. The number of rotatable bonds is 10. The van der Waals surface area contributed by atoms with Crippen molar-refractivity contribution in [3.8, 4) is 17.2 Å². The number of aliphatic hydroxyl groups excluding tert-OH is 1. The van der Waals surface area contributed by atoms with E-state index in [-0.39, 0.29) is 11.3 Å². The molecule has 5 aromatic rings. The van der Waals surface area contributed by atoms with Gasteiger partial charge in [-0.25, -0.2) is 4.98 Å². The van der Waals surface area contributed by atoms with Crippen molar-refractivity contribution in [3.05, 3.63) is 89.4 Å². The van der Waals surface area contributed by atoms with Crippen molar-refractivity contribution in [3.63, 3.8) is 0 Å². The number of anilines is 1. The highest BCUT2D eigenvalue weighted by Gasteiger charge is 2.46. The third kappa shape index (κ3) is 4.73. The second kappa shape index (κ2) is 11.2. The Balaban J connectivity index is 1.48. The summed E-state index contributed by atoms with van der Waals surface area (Å²) < 4.78 is 23.6. The molecule has 1 N–H and O–H groups in total. The summed E-state index contributed by atoms with van der Waals surface area (Å²) in [6.45, 7) is 4.92. The molecule has 9 nitrogen and oxygen atoms in total. The van der Waals surface area contributed by atoms with Crippen molar-refractivity contribution in [2.24, 2.45) is 0 Å². The second-order valence-corrected chi connectivity index (χ2v) is 10.6. The zero-order valence-electron chi connectivity index (χ0n) is 23.2. The highest BCUT2D eigenvalue weighted by Crippen LogP contribution is 2.45. The SMILES string of the molecule is CCCOc1cccc(C2C(C(=O)c3cc4cccc(OC)c4o3)=C(O)C(=O)N2c2nc3ccc(OCC)cc3s2)c1. The number of Topliss-reactive ketones (excluding diaryl/α,β-unsaturated/α-hetero) is 1. The molecular formula is C32H28N2O7S. The lowest BCUT2D eigenvalue weighted by Crippen LogP contribution is -2.31. The van der Waals surface area contributed by atoms with Crippen LogP contribution in [0, 0.1) is 0 Å². The van der Waals surface area contributed by atoms with E-state index in [1.165, 1.54) is 23.3 Å². The molecule has 0 fully saturated rings. The first-order valence-electron chi connectivity index (χ1n) is 13.6. The summed E-state index contributed by atoms with van der Waals surface area (Å²) >= 11 is 1.27. The third-order valence-electron chi connectivity index (χ3n) is 6.92. The van der Waals surface area contributed by atoms with Crippen molar-refractivity contribution in [2.75, 3.05) is 25.2 Å². The Kier molecular flexibility index (Phi) is 7.30. The number of carbonyl (C=O) groups excluding carboxylic acids is 2. The van der Waals surface area contributed by atoms with E-state index in [1.807, 2.05) is 38.1 Å². The number of furan rings is 1. The molecule has 0 radical (unpaired) electrons. The van der Waals surface area contributed by atoms with Gasteiger partial charge < -0.3 is 23.7 Å². The Morgan fingerprint density at radius 3 is 2.64 bits per heavy atom. The lowest BCUT2D eigenvalue weighted by atomic mass is 9.95. The van der Waals surface area contributed by atoms with Crippen LogP contribution in [0.2, 0.25) is 0 Å². The molecule has 42 heavy (non-hydrogen) atoms. The highest BCUT2D eigenvalue weighted by molar-refractivity contribution is 7.22. The molecule has 0 bridgehead atoms. The van der Waals surface area contributed by atoms with Crippen LogP contribution in [-0.2, 0) is 4.79 Å². The molecule has 1 amide bonds. The Morgan fingerprint density at radius 1 is 1.05 bits per heavy atom. The minimum Gasteiger partial charge on any atom is -0.503 e. The van der Waals surface area contributed by atoms with E-state index < -0.39 is 23.5 Å². The van der Waals surface area contributed by atoms with Gasteiger partial charge in [0.05, 0.1) is 42.2 Å². The fourth-order valence-electron chi connectivity index (χ4n) is 5.04. The van der Waals surface area contributed by atoms with Gasteiger partial charge in [0.2, 0.25) is 5.78 Å². The van der Waals surface area contributed by atoms with E-state index in [1.54, 1.807) is 42.5 Å². The molecular weight excluding hydrogens is 556 g/mol. The number of hydrogen-bond donors (Lipinski definition) is 1. The quantitative estimate of drug-likeness (QED) is 0.174. The fraction of sp³-hybridized carbons (Fsp3) is 0.219. The second-order valence-electron chi connectivity index (χ2n) is 9.64. The molecule has 0 saturated heterocycles. The number of methoxy groups -OCH3 is 1. The van der Waals surface area contributed by atoms with Gasteiger partial charge in [0.25, 0.3) is 5.91 Å². The number of fused-ring (bicyclic) bond motifs is 2. The molecule has 3 heterocycles. The Hall–Kier alpha value is -4.83. The molecule has 6 rings (SSSR count). The fourth-order valence-corrected chi connectivity index (χ4v) is 6.06. The van der Waals surface area contributed by atoms with Gasteiger partial charge in [0, 0.05) is 5.39 Å². The maximum Gasteiger partial charge on any atom is 0.296 e. The van der Waals surface area contributed by atoms with Gasteiger partial charge >= 0.3 is 0 Å². The summed E-state index contributed by atoms with van der Waals surface area (Å²) in [5, 5.41) is 12.2. The molecule has 0 saturated carbocycles. The van der Waals surface area contributed by atoms with Gasteiger partial charge in [-0.3, -0.25) is 14.5 Å². The number of benzene rings is 3. The number of ketones is 1. The van der Waals surface area contributed by atoms with Crippen LogP contribution in [0.5, 0.6) is 17.2 Å². The number of aromatic nitrogens is 1. The van der Waals surface area contributed by atoms with E-state index >= 15 is 0 Å². The molecule has 10 heteroatoms. The maximum absolute atomic E-state index is 14.1. The summed E-state index contributed by atoms with van der Waals surface area (Å²) in [7, 11) is 1.51. The number of nitrogens with zero attached hydrogens (tertiary/aromatic N) is 2. The van der Waals surface area contributed by atoms with Gasteiger partial charge in [-0.1, -0.05) is 42.5 Å². The minimum absolute atomic E-state index is 0.0280. The van der Waals surface area contributed by atoms with E-state index in [0.717, 1.165) is 11.1 Å². The summed E-state index contributed by atoms with van der Waals surface area (Å²) in [6.07, 6.45) is 0.813. The van der Waals surface area contributed by atoms with Crippen LogP contribution in [0.3, 0.4) is 0 Å². The van der Waals surface area contributed by atoms with Crippen LogP contribution in [-0.4, -0.2) is 42.1 Å². The zero-order valence-corrected chi connectivity index (χ0v) is 24.1. The highest BCUT2D eigenvalue weighted by atomic mass is 32.1. The van der Waals surface area contributed by atoms with E-state index in [2.05, 4.69) is 0 Å². The van der Waals surface area contributed by atoms with Gasteiger partial charge in [-0.05, 0) is 61.4 Å². The number of amides is 1. The monoisotopic (exact) mass is 584 g/mol. The number of ether oxygens (including phenoxy) is 3. The molecule has 214 valence electrons. The topological polar surface area (TPSA) is 111 Å². The van der Waals surface area contributed by atoms with Crippen LogP contribution >= 0.6 is 11.3 Å². The summed E-state index contributed by atoms with van der Waals surface area (Å²) in [6, 6.07) is 18.6. The predicted octanol–water partition coefficient (Wildman–Crippen LogP) is 7.02. The van der Waals surface area contributed by atoms with Crippen LogP contribution in [0.1, 0.15) is 42.4 Å². The number of hydrogen-bond acceptors (Lipinski definition) is 9. The first kappa shape index (κ1) is 27.3. The molecule has 1 atom stereocenters. The van der Waals surface area contributed by atoms with Crippen molar-refractivity contribution in [2.45, 2.75) is 26.3 Å². The average Bonchev–Trinajstić information content (AvgIpc) is 3.70. The van der Waals surface area contributed by atoms with Gasteiger partial charge in [-0.15, -0.1) is 0 Å². The summed E-state index contributed by atoms with van der Waals surface area (Å²) in [4.78, 5) is 33.9. The normalized spacial score (nSPS) is 15.2. The molecule has 0 spiro atoms. The van der Waals surface area contributed by atoms with E-state index in [9.17, 15) is 14.7 Å². The van der Waals surface area contributed by atoms with Crippen molar-refractivity contribution < 1.29 is 33.3 Å². The van der Waals surface area contributed by atoms with E-state index in [0.29, 0.717) is 57.6 Å².